The van der Waals surface area contributed by atoms with Crippen molar-refractivity contribution in [3.63, 3.8) is 0 Å². The van der Waals surface area contributed by atoms with Crippen LogP contribution in [0.4, 0.5) is 9.18 Å². The normalized spacial score (nSPS) is 19.5. The lowest BCUT2D eigenvalue weighted by molar-refractivity contribution is -0.128. The largest absolute Gasteiger partial charge is 0.490 e. The third kappa shape index (κ3) is 6.92. The van der Waals surface area contributed by atoms with Gasteiger partial charge in [-0.3, -0.25) is 9.69 Å². The summed E-state index contributed by atoms with van der Waals surface area (Å²) in [6.45, 7) is 2.16. The van der Waals surface area contributed by atoms with E-state index in [4.69, 9.17) is 9.47 Å². The molecule has 1 saturated heterocycles. The molecule has 2 atom stereocenters. The van der Waals surface area contributed by atoms with Crippen LogP contribution in [0.1, 0.15) is 30.4 Å². The smallest absolute Gasteiger partial charge is 0.408 e. The Kier molecular flexibility index (Phi) is 9.18. The van der Waals surface area contributed by atoms with E-state index in [0.717, 1.165) is 39.8 Å². The van der Waals surface area contributed by atoms with Crippen molar-refractivity contribution in [1.29, 1.82) is 0 Å². The second-order valence-electron chi connectivity index (χ2n) is 11.4. The Morgan fingerprint density at radius 1 is 0.932 bits per heavy atom. The van der Waals surface area contributed by atoms with Crippen LogP contribution in [-0.2, 0) is 11.2 Å². The van der Waals surface area contributed by atoms with Crippen LogP contribution in [0.3, 0.4) is 0 Å². The zero-order valence-electron chi connectivity index (χ0n) is 24.3. The van der Waals surface area contributed by atoms with E-state index in [0.29, 0.717) is 57.0 Å². The molecule has 2 N–H and O–H groups in total. The second kappa shape index (κ2) is 13.4. The standard InChI is InChI=1S/C34H35BrFN3O5/c35-24-5-13-29(14-6-24)44-18-17-43-28-11-3-23(4-12-28)30-19-27-20-37-21-31(39(27)34(41)42)32(30)33(40)38(26-9-10-26)16-15-22-1-7-25(36)8-2-22/h1-8,11-14,26-27,31,37H,9-10,15-21H2,(H,41,42)/t27-,31-/m1/s1. The summed E-state index contributed by atoms with van der Waals surface area (Å²) in [5, 5.41) is 13.5. The third-order valence-electron chi connectivity index (χ3n) is 8.44. The number of ether oxygens (including phenoxy) is 2. The summed E-state index contributed by atoms with van der Waals surface area (Å²) in [5.41, 5.74) is 3.27. The van der Waals surface area contributed by atoms with Crippen LogP contribution in [0, 0.1) is 5.82 Å². The number of nitrogens with one attached hydrogen (secondary N) is 1. The number of carbonyl (C=O) groups is 2. The zero-order chi connectivity index (χ0) is 30.6. The SMILES string of the molecule is O=C(C1=C(c2ccc(OCCOc3ccc(Br)cc3)cc2)C[C@@H]2CNC[C@H]1N2C(=O)O)N(CCc1ccc(F)cc1)C1CC1. The maximum absolute atomic E-state index is 14.4. The van der Waals surface area contributed by atoms with Crippen molar-refractivity contribution in [2.45, 2.75) is 43.8 Å². The minimum Gasteiger partial charge on any atom is -0.490 e. The lowest BCUT2D eigenvalue weighted by Gasteiger charge is -2.47. The lowest BCUT2D eigenvalue weighted by Crippen LogP contribution is -2.63. The minimum absolute atomic E-state index is 0.117. The van der Waals surface area contributed by atoms with Gasteiger partial charge in [-0.05, 0) is 90.9 Å². The molecule has 0 radical (unpaired) electrons. The van der Waals surface area contributed by atoms with Gasteiger partial charge in [0.15, 0.2) is 0 Å². The Bertz CT molecular complexity index is 1510. The monoisotopic (exact) mass is 663 g/mol. The van der Waals surface area contributed by atoms with Gasteiger partial charge in [0.25, 0.3) is 5.91 Å². The van der Waals surface area contributed by atoms with Crippen molar-refractivity contribution in [3.05, 3.63) is 99.8 Å². The van der Waals surface area contributed by atoms with E-state index in [9.17, 15) is 19.1 Å². The van der Waals surface area contributed by atoms with Crippen LogP contribution in [0.2, 0.25) is 0 Å². The molecule has 0 unspecified atom stereocenters. The van der Waals surface area contributed by atoms with E-state index in [1.807, 2.05) is 53.4 Å². The fourth-order valence-electron chi connectivity index (χ4n) is 6.12. The highest BCUT2D eigenvalue weighted by molar-refractivity contribution is 9.10. The van der Waals surface area contributed by atoms with Gasteiger partial charge in [-0.1, -0.05) is 40.2 Å². The van der Waals surface area contributed by atoms with E-state index >= 15 is 0 Å². The number of benzene rings is 3. The van der Waals surface area contributed by atoms with Crippen molar-refractivity contribution in [2.75, 3.05) is 32.8 Å². The van der Waals surface area contributed by atoms with Crippen molar-refractivity contribution in [1.82, 2.24) is 15.1 Å². The van der Waals surface area contributed by atoms with Crippen molar-refractivity contribution in [3.8, 4) is 11.5 Å². The third-order valence-corrected chi connectivity index (χ3v) is 8.97. The van der Waals surface area contributed by atoms with E-state index in [1.54, 1.807) is 12.1 Å². The first-order valence-corrected chi connectivity index (χ1v) is 15.8. The van der Waals surface area contributed by atoms with Crippen LogP contribution >= 0.6 is 15.9 Å². The molecular formula is C34H35BrFN3O5. The first kappa shape index (κ1) is 30.1. The van der Waals surface area contributed by atoms with Gasteiger partial charge in [-0.2, -0.15) is 0 Å². The van der Waals surface area contributed by atoms with Crippen molar-refractivity contribution >= 4 is 33.5 Å². The minimum atomic E-state index is -1.01. The van der Waals surface area contributed by atoms with Crippen LogP contribution < -0.4 is 14.8 Å². The molecule has 3 aromatic rings. The lowest BCUT2D eigenvalue weighted by atomic mass is 9.82. The Morgan fingerprint density at radius 3 is 2.18 bits per heavy atom. The quantitative estimate of drug-likeness (QED) is 0.254. The predicted molar refractivity (Wildman–Crippen MR) is 168 cm³/mol. The molecule has 0 aromatic heterocycles. The van der Waals surface area contributed by atoms with Gasteiger partial charge < -0.3 is 24.8 Å². The summed E-state index contributed by atoms with van der Waals surface area (Å²) >= 11 is 3.41. The summed E-state index contributed by atoms with van der Waals surface area (Å²) < 4.78 is 26.1. The first-order chi connectivity index (χ1) is 21.4. The average Bonchev–Trinajstić information content (AvgIpc) is 3.86. The fourth-order valence-corrected chi connectivity index (χ4v) is 6.39. The number of halogens is 2. The van der Waals surface area contributed by atoms with E-state index in [1.165, 1.54) is 17.0 Å². The summed E-state index contributed by atoms with van der Waals surface area (Å²) in [6, 6.07) is 20.9. The van der Waals surface area contributed by atoms with Gasteiger partial charge in [0, 0.05) is 35.7 Å². The van der Waals surface area contributed by atoms with E-state index in [-0.39, 0.29) is 23.8 Å². The van der Waals surface area contributed by atoms with E-state index < -0.39 is 12.1 Å². The highest BCUT2D eigenvalue weighted by Gasteiger charge is 2.46. The van der Waals surface area contributed by atoms with Crippen molar-refractivity contribution < 1.29 is 28.6 Å². The summed E-state index contributed by atoms with van der Waals surface area (Å²) in [4.78, 5) is 30.2. The summed E-state index contributed by atoms with van der Waals surface area (Å²) in [5.74, 6) is 1.04. The van der Waals surface area contributed by atoms with Gasteiger partial charge in [0.2, 0.25) is 0 Å². The molecule has 2 aliphatic heterocycles. The topological polar surface area (TPSA) is 91.3 Å². The summed E-state index contributed by atoms with van der Waals surface area (Å²) in [7, 11) is 0. The molecule has 230 valence electrons. The molecule has 3 aromatic carbocycles. The molecule has 10 heteroatoms. The number of rotatable bonds is 11. The number of piperazine rings is 1. The predicted octanol–water partition coefficient (Wildman–Crippen LogP) is 5.76. The Labute approximate surface area is 264 Å². The number of carboxylic acid groups (broad SMARTS) is 1. The van der Waals surface area contributed by atoms with E-state index in [2.05, 4.69) is 21.2 Å². The molecule has 6 rings (SSSR count). The van der Waals surface area contributed by atoms with Gasteiger partial charge in [-0.15, -0.1) is 0 Å². The van der Waals surface area contributed by atoms with Gasteiger partial charge in [-0.25, -0.2) is 9.18 Å². The van der Waals surface area contributed by atoms with Gasteiger partial charge >= 0.3 is 6.09 Å². The Hall–Kier alpha value is -3.89. The van der Waals surface area contributed by atoms with Crippen LogP contribution in [-0.4, -0.2) is 77.9 Å². The Balaban J connectivity index is 1.22. The maximum Gasteiger partial charge on any atom is 0.408 e. The molecule has 2 amide bonds. The highest BCUT2D eigenvalue weighted by Crippen LogP contribution is 2.39. The molecule has 2 bridgehead atoms. The number of carbonyl (C=O) groups excluding carboxylic acids is 1. The fraction of sp³-hybridized carbons (Fsp3) is 0.353. The number of nitrogens with zero attached hydrogens (tertiary/aromatic N) is 2. The number of hydrogen-bond donors (Lipinski definition) is 2. The molecule has 2 fully saturated rings. The molecule has 44 heavy (non-hydrogen) atoms. The average molecular weight is 665 g/mol. The molecule has 2 heterocycles. The summed E-state index contributed by atoms with van der Waals surface area (Å²) in [6.07, 6.45) is 1.86. The molecule has 3 aliphatic rings. The first-order valence-electron chi connectivity index (χ1n) is 15.0. The molecule has 1 aliphatic carbocycles. The second-order valence-corrected chi connectivity index (χ2v) is 12.3. The van der Waals surface area contributed by atoms with Gasteiger partial charge in [0.1, 0.15) is 30.5 Å². The molecule has 1 saturated carbocycles. The molecule has 0 spiro atoms. The molecule has 8 nitrogen and oxygen atoms in total. The Morgan fingerprint density at radius 2 is 1.57 bits per heavy atom. The zero-order valence-corrected chi connectivity index (χ0v) is 25.8. The van der Waals surface area contributed by atoms with Crippen LogP contribution in [0.5, 0.6) is 11.5 Å². The maximum atomic E-state index is 14.4. The molecular weight excluding hydrogens is 629 g/mol. The number of fused-ring (bicyclic) bond motifs is 2. The van der Waals surface area contributed by atoms with Gasteiger partial charge in [0.05, 0.1) is 12.1 Å². The van der Waals surface area contributed by atoms with Crippen LogP contribution in [0.25, 0.3) is 5.57 Å². The van der Waals surface area contributed by atoms with Crippen molar-refractivity contribution in [2.24, 2.45) is 0 Å². The number of hydrogen-bond acceptors (Lipinski definition) is 5. The van der Waals surface area contributed by atoms with Crippen LogP contribution in [0.15, 0.2) is 82.8 Å². The number of amides is 2. The highest BCUT2D eigenvalue weighted by atomic mass is 79.9.